The fourth-order valence-corrected chi connectivity index (χ4v) is 2.45. The van der Waals surface area contributed by atoms with Crippen molar-refractivity contribution in [2.45, 2.75) is 64.1 Å². The molecule has 2 aliphatic rings. The number of carbonyl (C=O) groups is 1. The highest BCUT2D eigenvalue weighted by atomic mass is 16.6. The lowest BCUT2D eigenvalue weighted by atomic mass is 10.1. The predicted octanol–water partition coefficient (Wildman–Crippen LogP) is 2.49. The molecule has 1 heterocycles. The molecule has 1 saturated carbocycles. The maximum absolute atomic E-state index is 11.8. The Balaban J connectivity index is 1.87. The van der Waals surface area contributed by atoms with Crippen molar-refractivity contribution >= 4 is 6.09 Å². The van der Waals surface area contributed by atoms with Crippen LogP contribution in [-0.2, 0) is 4.74 Å². The zero-order valence-electron chi connectivity index (χ0n) is 11.2. The van der Waals surface area contributed by atoms with E-state index in [0.717, 1.165) is 25.9 Å². The number of likely N-dealkylation sites (tertiary alicyclic amines) is 1. The van der Waals surface area contributed by atoms with E-state index in [2.05, 4.69) is 10.2 Å². The van der Waals surface area contributed by atoms with E-state index in [0.29, 0.717) is 0 Å². The topological polar surface area (TPSA) is 41.6 Å². The smallest absolute Gasteiger partial charge is 0.409 e. The first-order valence-corrected chi connectivity index (χ1v) is 6.68. The van der Waals surface area contributed by atoms with Gasteiger partial charge in [-0.1, -0.05) is 6.42 Å². The number of ether oxygens (including phenoxy) is 1. The molecular weight excluding hydrogens is 216 g/mol. The Morgan fingerprint density at radius 3 is 2.24 bits per heavy atom. The van der Waals surface area contributed by atoms with Gasteiger partial charge in [-0.15, -0.1) is 0 Å². The molecule has 98 valence electrons. The average Bonchev–Trinajstić information content (AvgIpc) is 2.97. The van der Waals surface area contributed by atoms with Gasteiger partial charge in [0.05, 0.1) is 5.66 Å². The van der Waals surface area contributed by atoms with Crippen LogP contribution < -0.4 is 5.32 Å². The maximum atomic E-state index is 11.8. The molecule has 2 rings (SSSR count). The number of carbonyl (C=O) groups excluding carboxylic acids is 1. The third-order valence-corrected chi connectivity index (χ3v) is 3.42. The molecule has 1 aliphatic heterocycles. The van der Waals surface area contributed by atoms with Crippen molar-refractivity contribution in [3.05, 3.63) is 0 Å². The van der Waals surface area contributed by atoms with Crippen LogP contribution in [-0.4, -0.2) is 35.3 Å². The number of hydrogen-bond donors (Lipinski definition) is 1. The van der Waals surface area contributed by atoms with Gasteiger partial charge in [-0.2, -0.15) is 0 Å². The number of piperidine rings is 1. The van der Waals surface area contributed by atoms with Crippen molar-refractivity contribution < 1.29 is 9.53 Å². The zero-order valence-corrected chi connectivity index (χ0v) is 11.2. The molecule has 4 heteroatoms. The van der Waals surface area contributed by atoms with E-state index in [4.69, 9.17) is 4.74 Å². The van der Waals surface area contributed by atoms with Crippen molar-refractivity contribution in [1.82, 2.24) is 10.2 Å². The van der Waals surface area contributed by atoms with E-state index in [1.165, 1.54) is 19.3 Å². The number of hydrogen-bond acceptors (Lipinski definition) is 3. The maximum Gasteiger partial charge on any atom is 0.409 e. The number of nitrogens with zero attached hydrogens (tertiary/aromatic N) is 1. The molecule has 4 nitrogen and oxygen atoms in total. The Morgan fingerprint density at radius 2 is 1.76 bits per heavy atom. The molecule has 0 atom stereocenters. The average molecular weight is 240 g/mol. The van der Waals surface area contributed by atoms with Crippen LogP contribution in [0.5, 0.6) is 0 Å². The van der Waals surface area contributed by atoms with Gasteiger partial charge < -0.3 is 10.1 Å². The van der Waals surface area contributed by atoms with Crippen molar-refractivity contribution in [1.29, 1.82) is 0 Å². The van der Waals surface area contributed by atoms with Crippen LogP contribution in [0.1, 0.15) is 52.9 Å². The van der Waals surface area contributed by atoms with Crippen LogP contribution in [0.2, 0.25) is 0 Å². The first kappa shape index (κ1) is 12.7. The van der Waals surface area contributed by atoms with Gasteiger partial charge in [0.15, 0.2) is 0 Å². The fraction of sp³-hybridized carbons (Fsp3) is 0.923. The van der Waals surface area contributed by atoms with Gasteiger partial charge in [-0.05, 0) is 46.5 Å². The molecule has 0 bridgehead atoms. The molecule has 0 spiro atoms. The minimum atomic E-state index is -0.415. The first-order valence-electron chi connectivity index (χ1n) is 6.68. The highest BCUT2D eigenvalue weighted by Gasteiger charge is 2.50. The fourth-order valence-electron chi connectivity index (χ4n) is 2.45. The van der Waals surface area contributed by atoms with Crippen LogP contribution in [0.3, 0.4) is 0 Å². The summed E-state index contributed by atoms with van der Waals surface area (Å²) < 4.78 is 5.33. The lowest BCUT2D eigenvalue weighted by Crippen LogP contribution is -2.53. The van der Waals surface area contributed by atoms with Gasteiger partial charge in [-0.3, -0.25) is 4.90 Å². The molecule has 17 heavy (non-hydrogen) atoms. The number of alkyl carbamates (subject to hydrolysis) is 1. The van der Waals surface area contributed by atoms with Gasteiger partial charge in [0.1, 0.15) is 5.60 Å². The molecule has 0 radical (unpaired) electrons. The Kier molecular flexibility index (Phi) is 3.34. The van der Waals surface area contributed by atoms with Crippen molar-refractivity contribution in [3.63, 3.8) is 0 Å². The standard InChI is InChI=1S/C13H24N2O2/c1-12(2,3)17-11(16)14-13(7-8-13)15-9-5-4-6-10-15/h4-10H2,1-3H3,(H,14,16). The van der Waals surface area contributed by atoms with Gasteiger partial charge in [0.25, 0.3) is 0 Å². The number of rotatable bonds is 2. The van der Waals surface area contributed by atoms with Crippen LogP contribution in [0.15, 0.2) is 0 Å². The molecule has 0 aromatic heterocycles. The van der Waals surface area contributed by atoms with Gasteiger partial charge in [0.2, 0.25) is 0 Å². The van der Waals surface area contributed by atoms with Gasteiger partial charge in [0, 0.05) is 13.1 Å². The zero-order chi connectivity index (χ0) is 12.5. The summed E-state index contributed by atoms with van der Waals surface area (Å²) in [4.78, 5) is 14.2. The lowest BCUT2D eigenvalue weighted by molar-refractivity contribution is 0.0356. The summed E-state index contributed by atoms with van der Waals surface area (Å²) in [6.45, 7) is 7.90. The molecule has 1 aliphatic carbocycles. The minimum Gasteiger partial charge on any atom is -0.444 e. The third-order valence-electron chi connectivity index (χ3n) is 3.42. The number of amides is 1. The quantitative estimate of drug-likeness (QED) is 0.806. The van der Waals surface area contributed by atoms with Crippen LogP contribution in [0.4, 0.5) is 4.79 Å². The second-order valence-electron chi connectivity index (χ2n) is 6.21. The molecule has 1 N–H and O–H groups in total. The minimum absolute atomic E-state index is 0.0806. The summed E-state index contributed by atoms with van der Waals surface area (Å²) in [6, 6.07) is 0. The highest BCUT2D eigenvalue weighted by Crippen LogP contribution is 2.40. The Bertz CT molecular complexity index is 286. The second-order valence-corrected chi connectivity index (χ2v) is 6.21. The van der Waals surface area contributed by atoms with Gasteiger partial charge >= 0.3 is 6.09 Å². The van der Waals surface area contributed by atoms with E-state index in [1.54, 1.807) is 0 Å². The Hall–Kier alpha value is -0.770. The Labute approximate surface area is 104 Å². The summed E-state index contributed by atoms with van der Waals surface area (Å²) in [6.07, 6.45) is 5.66. The molecule has 0 aromatic rings. The monoisotopic (exact) mass is 240 g/mol. The predicted molar refractivity (Wildman–Crippen MR) is 66.8 cm³/mol. The number of nitrogens with one attached hydrogen (secondary N) is 1. The SMILES string of the molecule is CC(C)(C)OC(=O)NC1(N2CCCCC2)CC1. The van der Waals surface area contributed by atoms with Crippen LogP contribution in [0.25, 0.3) is 0 Å². The highest BCUT2D eigenvalue weighted by molar-refractivity contribution is 5.69. The summed E-state index contributed by atoms with van der Waals surface area (Å²) in [5, 5.41) is 3.06. The molecule has 0 aromatic carbocycles. The van der Waals surface area contributed by atoms with E-state index in [1.807, 2.05) is 20.8 Å². The van der Waals surface area contributed by atoms with E-state index >= 15 is 0 Å². The van der Waals surface area contributed by atoms with Crippen molar-refractivity contribution in [2.75, 3.05) is 13.1 Å². The molecule has 0 unspecified atom stereocenters. The van der Waals surface area contributed by atoms with Gasteiger partial charge in [-0.25, -0.2) is 4.79 Å². The first-order chi connectivity index (χ1) is 7.91. The third kappa shape index (κ3) is 3.35. The summed E-state index contributed by atoms with van der Waals surface area (Å²) in [7, 11) is 0. The lowest BCUT2D eigenvalue weighted by Gasteiger charge is -2.35. The summed E-state index contributed by atoms with van der Waals surface area (Å²) in [5.74, 6) is 0. The summed E-state index contributed by atoms with van der Waals surface area (Å²) >= 11 is 0. The van der Waals surface area contributed by atoms with E-state index in [-0.39, 0.29) is 11.8 Å². The summed E-state index contributed by atoms with van der Waals surface area (Å²) in [5.41, 5.74) is -0.495. The van der Waals surface area contributed by atoms with Crippen LogP contribution >= 0.6 is 0 Å². The van der Waals surface area contributed by atoms with Crippen LogP contribution in [0, 0.1) is 0 Å². The van der Waals surface area contributed by atoms with Crippen molar-refractivity contribution in [2.24, 2.45) is 0 Å². The largest absolute Gasteiger partial charge is 0.444 e. The van der Waals surface area contributed by atoms with E-state index in [9.17, 15) is 4.79 Å². The van der Waals surface area contributed by atoms with Crippen molar-refractivity contribution in [3.8, 4) is 0 Å². The Morgan fingerprint density at radius 1 is 1.18 bits per heavy atom. The van der Waals surface area contributed by atoms with E-state index < -0.39 is 5.60 Å². The molecular formula is C13H24N2O2. The molecule has 2 fully saturated rings. The normalized spacial score (nSPS) is 24.2. The molecule has 1 amide bonds. The second kappa shape index (κ2) is 4.48. The molecule has 1 saturated heterocycles.